The molecule has 0 saturated heterocycles. The number of hydrogen-bond acceptors (Lipinski definition) is 0. The highest BCUT2D eigenvalue weighted by molar-refractivity contribution is 14.1. The first-order valence-corrected chi connectivity index (χ1v) is 15.3. The van der Waals surface area contributed by atoms with Gasteiger partial charge < -0.3 is 0 Å². The van der Waals surface area contributed by atoms with Crippen molar-refractivity contribution in [3.8, 4) is 0 Å². The second-order valence-electron chi connectivity index (χ2n) is 14.4. The molecule has 1 heteroatoms. The summed E-state index contributed by atoms with van der Waals surface area (Å²) in [6, 6.07) is 0. The fourth-order valence-electron chi connectivity index (χ4n) is 12.8. The molecule has 166 valence electrons. The summed E-state index contributed by atoms with van der Waals surface area (Å²) in [5, 5.41) is 0. The molecule has 9 aliphatic carbocycles. The number of fused-ring (bicyclic) bond motifs is 13. The van der Waals surface area contributed by atoms with Gasteiger partial charge in [0.15, 0.2) is 0 Å². The summed E-state index contributed by atoms with van der Waals surface area (Å²) in [4.78, 5) is 0. The Morgan fingerprint density at radius 2 is 1.55 bits per heavy atom. The molecule has 0 N–H and O–H groups in total. The third kappa shape index (κ3) is 1.72. The normalized spacial score (nSPS) is 68.0. The van der Waals surface area contributed by atoms with Gasteiger partial charge in [-0.15, -0.1) is 0 Å². The zero-order valence-corrected chi connectivity index (χ0v) is 22.0. The number of alkyl halides is 1. The summed E-state index contributed by atoms with van der Waals surface area (Å²) >= 11 is 2.74. The molecule has 0 spiro atoms. The minimum absolute atomic E-state index is 0.897. The molecule has 0 nitrogen and oxygen atoms in total. The smallest absolute Gasteiger partial charge is 0.0330 e. The summed E-state index contributed by atoms with van der Waals surface area (Å²) in [5.41, 5.74) is 5.97. The minimum Gasteiger partial charge on any atom is -0.0807 e. The molecule has 0 radical (unpaired) electrons. The predicted molar refractivity (Wildman–Crippen MR) is 133 cm³/mol. The van der Waals surface area contributed by atoms with Crippen molar-refractivity contribution in [3.05, 3.63) is 22.8 Å². The van der Waals surface area contributed by atoms with E-state index in [9.17, 15) is 0 Å². The van der Waals surface area contributed by atoms with Gasteiger partial charge in [0.05, 0.1) is 0 Å². The van der Waals surface area contributed by atoms with Gasteiger partial charge in [0, 0.05) is 3.92 Å². The van der Waals surface area contributed by atoms with Crippen LogP contribution in [0.4, 0.5) is 0 Å². The third-order valence-electron chi connectivity index (χ3n) is 14.0. The molecular formula is C30H39I. The van der Waals surface area contributed by atoms with Crippen LogP contribution >= 0.6 is 22.6 Å². The van der Waals surface area contributed by atoms with Crippen LogP contribution in [-0.2, 0) is 0 Å². The fourth-order valence-corrected chi connectivity index (χ4v) is 14.2. The quantitative estimate of drug-likeness (QED) is 0.159. The Morgan fingerprint density at radius 1 is 0.774 bits per heavy atom. The lowest BCUT2D eigenvalue weighted by molar-refractivity contribution is -0.350. The number of halogens is 1. The Bertz CT molecular complexity index is 971. The molecule has 0 aromatic rings. The van der Waals surface area contributed by atoms with Crippen molar-refractivity contribution in [3.63, 3.8) is 0 Å². The minimum atomic E-state index is 0.897. The monoisotopic (exact) mass is 526 g/mol. The molecule has 0 aromatic heterocycles. The molecule has 15 unspecified atom stereocenters. The van der Waals surface area contributed by atoms with Gasteiger partial charge in [-0.1, -0.05) is 80.0 Å². The van der Waals surface area contributed by atoms with Gasteiger partial charge in [-0.25, -0.2) is 0 Å². The lowest BCUT2D eigenvalue weighted by Crippen LogP contribution is -2.83. The van der Waals surface area contributed by atoms with E-state index in [-0.39, 0.29) is 0 Å². The average Bonchev–Trinajstić information content (AvgIpc) is 3.34. The number of rotatable bonds is 4. The van der Waals surface area contributed by atoms with Crippen LogP contribution in [0.2, 0.25) is 0 Å². The molecular weight excluding hydrogens is 487 g/mol. The van der Waals surface area contributed by atoms with Crippen LogP contribution in [0.15, 0.2) is 22.8 Å². The van der Waals surface area contributed by atoms with Crippen LogP contribution in [0, 0.1) is 107 Å². The molecule has 0 heterocycles. The van der Waals surface area contributed by atoms with Gasteiger partial charge in [-0.3, -0.25) is 0 Å². The summed E-state index contributed by atoms with van der Waals surface area (Å²) in [5.74, 6) is 19.1. The Kier molecular flexibility index (Phi) is 3.22. The first-order valence-electron chi connectivity index (χ1n) is 14.0. The van der Waals surface area contributed by atoms with Gasteiger partial charge >= 0.3 is 0 Å². The van der Waals surface area contributed by atoms with Crippen molar-refractivity contribution in [2.24, 2.45) is 107 Å². The summed E-state index contributed by atoms with van der Waals surface area (Å²) in [7, 11) is 0. The zero-order chi connectivity index (χ0) is 20.8. The standard InChI is InChI=1S/C30H39I/c1-9(2)19-11(4)21(19)16-7-14-13(6-15(14)16)10(3)20-12(5)22-25(20)29-26(22)28-24-17-8-18(31)23(17)27(24)30(28)29/h7,9-13,15-22,24-26,28-30H,6,8H2,1-5H3/t10?,11?,12?,13?,15?,16?,17-,18?,19-,20?,21?,22?,24?,25-,26?,28?,29?,30?/m0/s1. The first-order chi connectivity index (χ1) is 14.9. The Balaban J connectivity index is 0.913. The van der Waals surface area contributed by atoms with E-state index in [4.69, 9.17) is 0 Å². The van der Waals surface area contributed by atoms with E-state index >= 15 is 0 Å². The van der Waals surface area contributed by atoms with E-state index in [1.54, 1.807) is 6.42 Å². The molecule has 7 fully saturated rings. The lowest BCUT2D eigenvalue weighted by Gasteiger charge is -2.87. The maximum Gasteiger partial charge on any atom is 0.0330 e. The fraction of sp³-hybridized carbons (Fsp3) is 0.867. The van der Waals surface area contributed by atoms with Crippen molar-refractivity contribution in [2.75, 3.05) is 0 Å². The molecule has 7 saturated carbocycles. The van der Waals surface area contributed by atoms with Crippen molar-refractivity contribution < 1.29 is 0 Å². The van der Waals surface area contributed by atoms with Crippen LogP contribution in [-0.4, -0.2) is 3.92 Å². The Hall–Kier alpha value is 0.210. The molecule has 0 aliphatic heterocycles. The van der Waals surface area contributed by atoms with Gasteiger partial charge in [-0.2, -0.15) is 0 Å². The molecule has 18 atom stereocenters. The Labute approximate surface area is 202 Å². The predicted octanol–water partition coefficient (Wildman–Crippen LogP) is 7.11. The lowest BCUT2D eigenvalue weighted by atomic mass is 9.17. The second kappa shape index (κ2) is 5.38. The summed E-state index contributed by atoms with van der Waals surface area (Å²) in [6.45, 7) is 12.8. The SMILES string of the molecule is CC(C1CC2C1=CC2C1C(C)[C@@H]1C(C)C)C1C(C)C2C3C4C(C5=C6C(I)C[C@@H]6C54)C3[C@@H]12. The van der Waals surface area contributed by atoms with E-state index in [0.717, 1.165) is 98.6 Å². The van der Waals surface area contributed by atoms with E-state index in [2.05, 4.69) is 68.9 Å². The van der Waals surface area contributed by atoms with E-state index in [1.807, 2.05) is 11.1 Å². The number of hydrogen-bond donors (Lipinski definition) is 0. The van der Waals surface area contributed by atoms with Crippen LogP contribution < -0.4 is 0 Å². The Morgan fingerprint density at radius 3 is 2.19 bits per heavy atom. The highest BCUT2D eigenvalue weighted by Gasteiger charge is 2.83. The number of allylic oxidation sites excluding steroid dienone is 4. The summed E-state index contributed by atoms with van der Waals surface area (Å²) < 4.78 is 0.939. The van der Waals surface area contributed by atoms with Crippen molar-refractivity contribution in [1.82, 2.24) is 0 Å². The maximum atomic E-state index is 2.80. The molecule has 0 bridgehead atoms. The summed E-state index contributed by atoms with van der Waals surface area (Å²) in [6.07, 6.45) is 5.89. The molecule has 31 heavy (non-hydrogen) atoms. The maximum absolute atomic E-state index is 2.80. The van der Waals surface area contributed by atoms with E-state index in [1.165, 1.54) is 18.3 Å². The highest BCUT2D eigenvalue weighted by Crippen LogP contribution is 2.88. The van der Waals surface area contributed by atoms with Crippen LogP contribution in [0.5, 0.6) is 0 Å². The van der Waals surface area contributed by atoms with E-state index < -0.39 is 0 Å². The first kappa shape index (κ1) is 18.5. The average molecular weight is 527 g/mol. The van der Waals surface area contributed by atoms with E-state index in [0.29, 0.717) is 0 Å². The van der Waals surface area contributed by atoms with Crippen LogP contribution in [0.3, 0.4) is 0 Å². The highest BCUT2D eigenvalue weighted by atomic mass is 127. The van der Waals surface area contributed by atoms with Crippen molar-refractivity contribution in [2.45, 2.75) is 51.4 Å². The molecule has 9 rings (SSSR count). The second-order valence-corrected chi connectivity index (χ2v) is 15.9. The molecule has 9 aliphatic rings. The van der Waals surface area contributed by atoms with Crippen molar-refractivity contribution in [1.29, 1.82) is 0 Å². The van der Waals surface area contributed by atoms with Crippen molar-refractivity contribution >= 4 is 22.6 Å². The van der Waals surface area contributed by atoms with Gasteiger partial charge in [0.2, 0.25) is 0 Å². The largest absolute Gasteiger partial charge is 0.0807 e. The van der Waals surface area contributed by atoms with Gasteiger partial charge in [0.25, 0.3) is 0 Å². The van der Waals surface area contributed by atoms with Gasteiger partial charge in [-0.05, 0) is 119 Å². The topological polar surface area (TPSA) is 0 Å². The molecule has 0 aromatic carbocycles. The van der Waals surface area contributed by atoms with Gasteiger partial charge in [0.1, 0.15) is 0 Å². The van der Waals surface area contributed by atoms with Crippen LogP contribution in [0.1, 0.15) is 47.5 Å². The van der Waals surface area contributed by atoms with Crippen LogP contribution in [0.25, 0.3) is 0 Å². The third-order valence-corrected chi connectivity index (χ3v) is 15.2. The molecule has 0 amide bonds. The zero-order valence-electron chi connectivity index (χ0n) is 19.8.